The lowest BCUT2D eigenvalue weighted by Gasteiger charge is -2.23. The maximum atomic E-state index is 11.7. The number of nitrogens with zero attached hydrogens (tertiary/aromatic N) is 3. The van der Waals surface area contributed by atoms with Gasteiger partial charge in [0.15, 0.2) is 24.1 Å². The van der Waals surface area contributed by atoms with E-state index in [4.69, 9.17) is 42.1 Å². The van der Waals surface area contributed by atoms with E-state index in [-0.39, 0.29) is 17.4 Å². The maximum absolute atomic E-state index is 11.7. The van der Waals surface area contributed by atoms with E-state index in [1.807, 2.05) is 0 Å². The number of aromatic nitrogens is 3. The first-order valence-electron chi connectivity index (χ1n) is 8.50. The summed E-state index contributed by atoms with van der Waals surface area (Å²) < 4.78 is 22.9. The van der Waals surface area contributed by atoms with Crippen LogP contribution in [0.15, 0.2) is 12.3 Å². The van der Waals surface area contributed by atoms with Crippen molar-refractivity contribution in [1.82, 2.24) is 14.8 Å². The third-order valence-corrected chi connectivity index (χ3v) is 4.57. The van der Waals surface area contributed by atoms with Crippen LogP contribution in [0.1, 0.15) is 27.0 Å². The van der Waals surface area contributed by atoms with Crippen LogP contribution in [-0.2, 0) is 33.3 Å². The van der Waals surface area contributed by atoms with Gasteiger partial charge >= 0.3 is 17.9 Å². The molecule has 0 aliphatic carbocycles. The fourth-order valence-electron chi connectivity index (χ4n) is 3.03. The van der Waals surface area contributed by atoms with Gasteiger partial charge in [-0.25, -0.2) is 9.67 Å². The Bertz CT molecular complexity index is 964. The normalized spacial score (nSPS) is 23.8. The van der Waals surface area contributed by atoms with E-state index in [0.717, 1.165) is 0 Å². The molecule has 0 N–H and O–H groups in total. The van der Waals surface area contributed by atoms with Gasteiger partial charge in [-0.3, -0.25) is 14.4 Å². The van der Waals surface area contributed by atoms with E-state index in [9.17, 15) is 14.4 Å². The Hall–Kier alpha value is -2.43. The van der Waals surface area contributed by atoms with Crippen molar-refractivity contribution >= 4 is 52.1 Å². The summed E-state index contributed by atoms with van der Waals surface area (Å²) in [6, 6.07) is 1.46. The van der Waals surface area contributed by atoms with E-state index >= 15 is 0 Å². The summed E-state index contributed by atoms with van der Waals surface area (Å²) in [4.78, 5) is 38.7. The summed E-state index contributed by atoms with van der Waals surface area (Å²) in [6.45, 7) is 3.40. The highest BCUT2D eigenvalue weighted by Crippen LogP contribution is 2.36. The molecular formula is C17H17Cl2N3O7. The van der Waals surface area contributed by atoms with Crippen LogP contribution in [0.2, 0.25) is 10.2 Å². The second-order valence-electron chi connectivity index (χ2n) is 6.27. The van der Waals surface area contributed by atoms with E-state index < -0.39 is 42.4 Å². The van der Waals surface area contributed by atoms with Crippen LogP contribution in [0.25, 0.3) is 11.0 Å². The Kier molecular flexibility index (Phi) is 6.25. The van der Waals surface area contributed by atoms with Crippen molar-refractivity contribution in [1.29, 1.82) is 0 Å². The minimum Gasteiger partial charge on any atom is -0.463 e. The van der Waals surface area contributed by atoms with Crippen LogP contribution < -0.4 is 0 Å². The van der Waals surface area contributed by atoms with E-state index in [1.165, 1.54) is 37.7 Å². The molecule has 1 aliphatic heterocycles. The standard InChI is InChI=1S/C17H17Cl2N3O7/c1-7(23)26-6-12-14(27-8(2)24)15(28-9(3)25)17(29-12)22-16-10(5-20-22)11(18)4-13(19)21-16/h4-5,12,14-15,17H,6H2,1-3H3/t12-,14?,15?,17-/m1/s1. The molecule has 156 valence electrons. The van der Waals surface area contributed by atoms with Crippen LogP contribution in [-0.4, -0.2) is 57.6 Å². The van der Waals surface area contributed by atoms with E-state index in [1.54, 1.807) is 0 Å². The molecule has 10 nitrogen and oxygen atoms in total. The summed E-state index contributed by atoms with van der Waals surface area (Å²) in [5.74, 6) is -1.81. The molecule has 1 aliphatic rings. The number of rotatable bonds is 5. The number of esters is 3. The Morgan fingerprint density at radius 1 is 1.10 bits per heavy atom. The molecule has 2 aromatic heterocycles. The first kappa shape index (κ1) is 21.3. The van der Waals surface area contributed by atoms with Crippen molar-refractivity contribution in [3.8, 4) is 0 Å². The summed E-state index contributed by atoms with van der Waals surface area (Å²) in [5.41, 5.74) is 0.277. The number of halogens is 2. The van der Waals surface area contributed by atoms with Crippen LogP contribution in [0.3, 0.4) is 0 Å². The Morgan fingerprint density at radius 2 is 1.76 bits per heavy atom. The Labute approximate surface area is 174 Å². The molecule has 12 heteroatoms. The van der Waals surface area contributed by atoms with Gasteiger partial charge in [0, 0.05) is 20.8 Å². The van der Waals surface area contributed by atoms with Crippen molar-refractivity contribution in [3.05, 3.63) is 22.4 Å². The van der Waals surface area contributed by atoms with Crippen LogP contribution in [0, 0.1) is 0 Å². The van der Waals surface area contributed by atoms with E-state index in [0.29, 0.717) is 10.4 Å². The second-order valence-corrected chi connectivity index (χ2v) is 7.06. The lowest BCUT2D eigenvalue weighted by molar-refractivity contribution is -0.166. The summed E-state index contributed by atoms with van der Waals surface area (Å²) >= 11 is 12.2. The third-order valence-electron chi connectivity index (χ3n) is 4.07. The monoisotopic (exact) mass is 445 g/mol. The van der Waals surface area contributed by atoms with Crippen LogP contribution in [0.5, 0.6) is 0 Å². The molecule has 29 heavy (non-hydrogen) atoms. The highest BCUT2D eigenvalue weighted by Gasteiger charge is 2.51. The molecule has 4 atom stereocenters. The molecule has 3 heterocycles. The molecule has 2 unspecified atom stereocenters. The largest absolute Gasteiger partial charge is 0.463 e. The van der Waals surface area contributed by atoms with Gasteiger partial charge in [-0.1, -0.05) is 23.2 Å². The van der Waals surface area contributed by atoms with E-state index in [2.05, 4.69) is 10.1 Å². The Morgan fingerprint density at radius 3 is 2.38 bits per heavy atom. The molecule has 2 aromatic rings. The number of carbonyl (C=O) groups is 3. The molecule has 0 aromatic carbocycles. The van der Waals surface area contributed by atoms with Crippen molar-refractivity contribution in [2.45, 2.75) is 45.3 Å². The van der Waals surface area contributed by atoms with Crippen molar-refractivity contribution in [2.75, 3.05) is 6.61 Å². The number of carbonyl (C=O) groups excluding carboxylic acids is 3. The smallest absolute Gasteiger partial charge is 0.303 e. The van der Waals surface area contributed by atoms with Gasteiger partial charge in [0.2, 0.25) is 0 Å². The van der Waals surface area contributed by atoms with Gasteiger partial charge in [0.25, 0.3) is 0 Å². The van der Waals surface area contributed by atoms with Crippen molar-refractivity contribution < 1.29 is 33.3 Å². The lowest BCUT2D eigenvalue weighted by Crippen LogP contribution is -2.40. The zero-order valence-corrected chi connectivity index (χ0v) is 17.1. The topological polar surface area (TPSA) is 119 Å². The molecule has 0 radical (unpaired) electrons. The third kappa shape index (κ3) is 4.60. The van der Waals surface area contributed by atoms with Gasteiger partial charge in [0.05, 0.1) is 16.6 Å². The highest BCUT2D eigenvalue weighted by molar-refractivity contribution is 6.37. The zero-order valence-electron chi connectivity index (χ0n) is 15.6. The molecule has 0 saturated carbocycles. The molecule has 0 amide bonds. The fraction of sp³-hybridized carbons (Fsp3) is 0.471. The van der Waals surface area contributed by atoms with Crippen LogP contribution in [0.4, 0.5) is 0 Å². The quantitative estimate of drug-likeness (QED) is 0.386. The summed E-state index contributed by atoms with van der Waals surface area (Å²) in [7, 11) is 0. The van der Waals surface area contributed by atoms with Crippen molar-refractivity contribution in [3.63, 3.8) is 0 Å². The predicted molar refractivity (Wildman–Crippen MR) is 99.2 cm³/mol. The minimum absolute atomic E-state index is 0.124. The maximum Gasteiger partial charge on any atom is 0.303 e. The second kappa shape index (κ2) is 8.52. The lowest BCUT2D eigenvalue weighted by atomic mass is 10.1. The summed E-state index contributed by atoms with van der Waals surface area (Å²) in [6.07, 6.45) is -2.63. The molecule has 0 spiro atoms. The Balaban J connectivity index is 2.04. The van der Waals surface area contributed by atoms with Gasteiger partial charge in [-0.05, 0) is 6.07 Å². The first-order chi connectivity index (χ1) is 13.7. The molecule has 0 bridgehead atoms. The van der Waals surface area contributed by atoms with Gasteiger partial charge in [-0.15, -0.1) is 0 Å². The number of fused-ring (bicyclic) bond motifs is 1. The first-order valence-corrected chi connectivity index (χ1v) is 9.25. The number of ether oxygens (including phenoxy) is 4. The SMILES string of the molecule is CC(=O)OC[C@H]1O[C@@H](n2ncc3c(Cl)cc(Cl)nc32)C(OC(C)=O)C1OC(C)=O. The summed E-state index contributed by atoms with van der Waals surface area (Å²) in [5, 5.41) is 5.17. The average Bonchev–Trinajstić information content (AvgIpc) is 3.15. The molecule has 1 fully saturated rings. The molecular weight excluding hydrogens is 429 g/mol. The van der Waals surface area contributed by atoms with Crippen LogP contribution >= 0.6 is 23.2 Å². The predicted octanol–water partition coefficient (Wildman–Crippen LogP) is 2.06. The van der Waals surface area contributed by atoms with Gasteiger partial charge in [0.1, 0.15) is 17.9 Å². The number of hydrogen-bond acceptors (Lipinski definition) is 9. The average molecular weight is 446 g/mol. The zero-order chi connectivity index (χ0) is 21.3. The van der Waals surface area contributed by atoms with Crippen molar-refractivity contribution in [2.24, 2.45) is 0 Å². The highest BCUT2D eigenvalue weighted by atomic mass is 35.5. The minimum atomic E-state index is -1.08. The number of pyridine rings is 1. The van der Waals surface area contributed by atoms with Gasteiger partial charge in [-0.2, -0.15) is 5.10 Å². The fourth-order valence-corrected chi connectivity index (χ4v) is 3.51. The molecule has 1 saturated heterocycles. The van der Waals surface area contributed by atoms with Gasteiger partial charge < -0.3 is 18.9 Å². The molecule has 3 rings (SSSR count). The number of hydrogen-bond donors (Lipinski definition) is 0.